The van der Waals surface area contributed by atoms with Gasteiger partial charge in [-0.1, -0.05) is 12.1 Å². The minimum atomic E-state index is -4.06. The maximum Gasteiger partial charge on any atom is 0.324 e. The van der Waals surface area contributed by atoms with Crippen molar-refractivity contribution in [3.63, 3.8) is 0 Å². The molecule has 1 rings (SSSR count). The van der Waals surface area contributed by atoms with Gasteiger partial charge in [-0.2, -0.15) is 4.72 Å². The number of ketones is 1. The zero-order valence-electron chi connectivity index (χ0n) is 10.0. The largest absolute Gasteiger partial charge is 0.480 e. The summed E-state index contributed by atoms with van der Waals surface area (Å²) in [7, 11) is -4.06. The molecule has 0 fully saturated rings. The van der Waals surface area contributed by atoms with Crippen LogP contribution in [0.5, 0.6) is 0 Å². The summed E-state index contributed by atoms with van der Waals surface area (Å²) in [6.07, 6.45) is 0. The third kappa shape index (κ3) is 3.85. The minimum absolute atomic E-state index is 0.183. The highest BCUT2D eigenvalue weighted by molar-refractivity contribution is 7.89. The molecular weight excluding hydrogens is 274 g/mol. The second kappa shape index (κ2) is 5.91. The third-order valence-electron chi connectivity index (χ3n) is 2.35. The van der Waals surface area contributed by atoms with Crippen LogP contribution >= 0.6 is 0 Å². The van der Waals surface area contributed by atoms with Crippen molar-refractivity contribution in [2.45, 2.75) is 17.9 Å². The number of sulfonamides is 1. The first-order valence-corrected chi connectivity index (χ1v) is 6.73. The number of carbonyl (C=O) groups excluding carboxylic acids is 1. The van der Waals surface area contributed by atoms with Gasteiger partial charge in [0.25, 0.3) is 0 Å². The van der Waals surface area contributed by atoms with E-state index in [1.165, 1.54) is 31.2 Å². The number of Topliss-reactive ketones (excluding diaryl/α,β-unsaturated/α-hetero) is 1. The Morgan fingerprint density at radius 1 is 1.26 bits per heavy atom. The van der Waals surface area contributed by atoms with E-state index in [2.05, 4.69) is 0 Å². The van der Waals surface area contributed by atoms with Crippen molar-refractivity contribution in [3.05, 3.63) is 29.8 Å². The number of carboxylic acid groups (broad SMARTS) is 1. The van der Waals surface area contributed by atoms with Crippen LogP contribution in [0.15, 0.2) is 29.2 Å². The average Bonchev–Trinajstić information content (AvgIpc) is 2.35. The van der Waals surface area contributed by atoms with Gasteiger partial charge in [0.2, 0.25) is 10.0 Å². The van der Waals surface area contributed by atoms with E-state index >= 15 is 0 Å². The van der Waals surface area contributed by atoms with Gasteiger partial charge in [-0.25, -0.2) is 8.42 Å². The lowest BCUT2D eigenvalue weighted by Gasteiger charge is -2.12. The smallest absolute Gasteiger partial charge is 0.324 e. The van der Waals surface area contributed by atoms with Gasteiger partial charge >= 0.3 is 5.97 Å². The second-order valence-corrected chi connectivity index (χ2v) is 5.49. The van der Waals surface area contributed by atoms with E-state index < -0.39 is 28.6 Å². The van der Waals surface area contributed by atoms with Crippen LogP contribution < -0.4 is 4.72 Å². The maximum absolute atomic E-state index is 11.8. The lowest BCUT2D eigenvalue weighted by molar-refractivity contribution is -0.139. The molecule has 104 valence electrons. The van der Waals surface area contributed by atoms with E-state index in [1.54, 1.807) is 0 Å². The van der Waals surface area contributed by atoms with E-state index in [-0.39, 0.29) is 10.7 Å². The number of rotatable bonds is 6. The van der Waals surface area contributed by atoms with Gasteiger partial charge in [0.15, 0.2) is 5.78 Å². The summed E-state index contributed by atoms with van der Waals surface area (Å²) in [5, 5.41) is 17.4. The summed E-state index contributed by atoms with van der Waals surface area (Å²) in [6, 6.07) is 3.42. The Bertz CT molecular complexity index is 578. The molecule has 1 aromatic carbocycles. The predicted octanol–water partition coefficient (Wildman–Crippen LogP) is -0.387. The van der Waals surface area contributed by atoms with Crippen LogP contribution in [0.4, 0.5) is 0 Å². The number of aliphatic carboxylic acids is 1. The van der Waals surface area contributed by atoms with Crippen molar-refractivity contribution in [2.24, 2.45) is 0 Å². The van der Waals surface area contributed by atoms with Crippen molar-refractivity contribution in [2.75, 3.05) is 6.61 Å². The molecule has 0 radical (unpaired) electrons. The summed E-state index contributed by atoms with van der Waals surface area (Å²) >= 11 is 0. The Balaban J connectivity index is 3.00. The summed E-state index contributed by atoms with van der Waals surface area (Å²) in [4.78, 5) is 21.5. The molecule has 0 unspecified atom stereocenters. The molecule has 0 heterocycles. The number of aliphatic hydroxyl groups excluding tert-OH is 1. The van der Waals surface area contributed by atoms with Crippen molar-refractivity contribution >= 4 is 21.8 Å². The first-order valence-electron chi connectivity index (χ1n) is 5.25. The van der Waals surface area contributed by atoms with Crippen molar-refractivity contribution in [1.29, 1.82) is 0 Å². The Hall–Kier alpha value is -1.77. The standard InChI is InChI=1S/C11H13NO6S/c1-7(14)8-2-4-9(5-3-8)19(17,18)12-10(6-13)11(15)16/h2-5,10,12-13H,6H2,1H3,(H,15,16)/t10-/m1/s1. The van der Waals surface area contributed by atoms with Gasteiger partial charge < -0.3 is 10.2 Å². The van der Waals surface area contributed by atoms with Gasteiger partial charge in [-0.3, -0.25) is 9.59 Å². The summed E-state index contributed by atoms with van der Waals surface area (Å²) in [5.74, 6) is -1.69. The molecule has 7 nitrogen and oxygen atoms in total. The normalized spacial score (nSPS) is 12.9. The third-order valence-corrected chi connectivity index (χ3v) is 3.84. The highest BCUT2D eigenvalue weighted by Gasteiger charge is 2.24. The lowest BCUT2D eigenvalue weighted by Crippen LogP contribution is -2.43. The lowest BCUT2D eigenvalue weighted by atomic mass is 10.2. The topological polar surface area (TPSA) is 121 Å². The number of nitrogens with one attached hydrogen (secondary N) is 1. The first-order chi connectivity index (χ1) is 8.77. The Morgan fingerprint density at radius 3 is 2.16 bits per heavy atom. The van der Waals surface area contributed by atoms with E-state index in [1.807, 2.05) is 4.72 Å². The molecule has 19 heavy (non-hydrogen) atoms. The van der Waals surface area contributed by atoms with Gasteiger partial charge in [0.1, 0.15) is 6.04 Å². The molecule has 0 saturated heterocycles. The molecule has 0 spiro atoms. The molecule has 0 aromatic heterocycles. The van der Waals surface area contributed by atoms with Crippen molar-refractivity contribution in [3.8, 4) is 0 Å². The summed E-state index contributed by atoms with van der Waals surface area (Å²) < 4.78 is 25.5. The van der Waals surface area contributed by atoms with Gasteiger partial charge in [-0.05, 0) is 19.1 Å². The number of carboxylic acids is 1. The van der Waals surface area contributed by atoms with Crippen LogP contribution in [0.1, 0.15) is 17.3 Å². The molecule has 1 aromatic rings. The zero-order chi connectivity index (χ0) is 14.6. The Kier molecular flexibility index (Phi) is 4.76. The van der Waals surface area contributed by atoms with Crippen LogP contribution in [0.2, 0.25) is 0 Å². The predicted molar refractivity (Wildman–Crippen MR) is 65.3 cm³/mol. The van der Waals surface area contributed by atoms with Crippen molar-refractivity contribution in [1.82, 2.24) is 4.72 Å². The van der Waals surface area contributed by atoms with Crippen LogP contribution in [0, 0.1) is 0 Å². The molecule has 0 aliphatic rings. The fourth-order valence-electron chi connectivity index (χ4n) is 1.29. The second-order valence-electron chi connectivity index (χ2n) is 3.78. The molecule has 0 aliphatic heterocycles. The highest BCUT2D eigenvalue weighted by atomic mass is 32.2. The van der Waals surface area contributed by atoms with E-state index in [0.29, 0.717) is 5.56 Å². The summed E-state index contributed by atoms with van der Waals surface area (Å²) in [6.45, 7) is 0.480. The monoisotopic (exact) mass is 287 g/mol. The van der Waals surface area contributed by atoms with Gasteiger partial charge in [0, 0.05) is 5.56 Å². The first kappa shape index (κ1) is 15.3. The minimum Gasteiger partial charge on any atom is -0.480 e. The van der Waals surface area contributed by atoms with Gasteiger partial charge in [-0.15, -0.1) is 0 Å². The van der Waals surface area contributed by atoms with Crippen LogP contribution in [0.25, 0.3) is 0 Å². The van der Waals surface area contributed by atoms with E-state index in [4.69, 9.17) is 10.2 Å². The average molecular weight is 287 g/mol. The number of hydrogen-bond donors (Lipinski definition) is 3. The molecule has 3 N–H and O–H groups in total. The maximum atomic E-state index is 11.8. The molecule has 0 amide bonds. The number of hydrogen-bond acceptors (Lipinski definition) is 5. The van der Waals surface area contributed by atoms with E-state index in [9.17, 15) is 18.0 Å². The quantitative estimate of drug-likeness (QED) is 0.613. The van der Waals surface area contributed by atoms with E-state index in [0.717, 1.165) is 0 Å². The number of aliphatic hydroxyl groups is 1. The molecule has 0 aliphatic carbocycles. The molecular formula is C11H13NO6S. The SMILES string of the molecule is CC(=O)c1ccc(S(=O)(=O)N[C@H](CO)C(=O)O)cc1. The van der Waals surface area contributed by atoms with Crippen LogP contribution in [-0.4, -0.2) is 43.0 Å². The molecule has 0 saturated carbocycles. The summed E-state index contributed by atoms with van der Waals surface area (Å²) in [5.41, 5.74) is 0.343. The van der Waals surface area contributed by atoms with Crippen LogP contribution in [-0.2, 0) is 14.8 Å². The fourth-order valence-corrected chi connectivity index (χ4v) is 2.47. The van der Waals surface area contributed by atoms with Crippen molar-refractivity contribution < 1.29 is 28.2 Å². The Labute approximate surface area is 109 Å². The number of carbonyl (C=O) groups is 2. The van der Waals surface area contributed by atoms with Gasteiger partial charge in [0.05, 0.1) is 11.5 Å². The van der Waals surface area contributed by atoms with Crippen LogP contribution in [0.3, 0.4) is 0 Å². The zero-order valence-corrected chi connectivity index (χ0v) is 10.8. The molecule has 1 atom stereocenters. The highest BCUT2D eigenvalue weighted by Crippen LogP contribution is 2.11. The Morgan fingerprint density at radius 2 is 1.79 bits per heavy atom. The fraction of sp³-hybridized carbons (Fsp3) is 0.273. The molecule has 8 heteroatoms. The number of benzene rings is 1. The molecule has 0 bridgehead atoms.